The Morgan fingerprint density at radius 2 is 1.85 bits per heavy atom. The van der Waals surface area contributed by atoms with E-state index < -0.39 is 5.97 Å². The number of benzene rings is 1. The fraction of sp³-hybridized carbons (Fsp3) is 0.263. The summed E-state index contributed by atoms with van der Waals surface area (Å²) in [5.74, 6) is -0.720. The molecule has 1 amide bonds. The number of H-pyrrole nitrogens is 1. The van der Waals surface area contributed by atoms with Crippen LogP contribution in [0.1, 0.15) is 21.0 Å². The van der Waals surface area contributed by atoms with E-state index in [-0.39, 0.29) is 11.7 Å². The van der Waals surface area contributed by atoms with E-state index in [2.05, 4.69) is 16.9 Å². The molecule has 7 nitrogen and oxygen atoms in total. The second-order valence-corrected chi connectivity index (χ2v) is 6.55. The van der Waals surface area contributed by atoms with E-state index in [0.29, 0.717) is 11.5 Å². The summed E-state index contributed by atoms with van der Waals surface area (Å²) in [4.78, 5) is 30.9. The number of carbonyl (C=O) groups is 2. The average molecular weight is 353 g/mol. The molecule has 0 unspecified atom stereocenters. The van der Waals surface area contributed by atoms with Crippen LogP contribution < -0.4 is 0 Å². The van der Waals surface area contributed by atoms with Crippen molar-refractivity contribution < 1.29 is 19.1 Å². The highest BCUT2D eigenvalue weighted by atomic mass is 16.4. The number of furan rings is 1. The molecule has 1 aliphatic rings. The number of hydrogen-bond donors (Lipinski definition) is 2. The molecule has 1 fully saturated rings. The predicted octanol–water partition coefficient (Wildman–Crippen LogP) is 2.51. The molecule has 3 aromatic rings. The van der Waals surface area contributed by atoms with Crippen molar-refractivity contribution >= 4 is 22.8 Å². The summed E-state index contributed by atoms with van der Waals surface area (Å²) in [6.07, 6.45) is 0. The first-order chi connectivity index (χ1) is 12.5. The summed E-state index contributed by atoms with van der Waals surface area (Å²) in [5.41, 5.74) is 2.13. The lowest BCUT2D eigenvalue weighted by Gasteiger charge is -2.32. The highest BCUT2D eigenvalue weighted by Gasteiger charge is 2.22. The molecule has 0 aliphatic carbocycles. The van der Waals surface area contributed by atoms with Crippen LogP contribution in [0.2, 0.25) is 0 Å². The van der Waals surface area contributed by atoms with Gasteiger partial charge in [0.1, 0.15) is 11.5 Å². The number of hydrogen-bond acceptors (Lipinski definition) is 4. The van der Waals surface area contributed by atoms with E-state index in [9.17, 15) is 9.59 Å². The topological polar surface area (TPSA) is 89.8 Å². The molecular formula is C19H19N3O4. The second-order valence-electron chi connectivity index (χ2n) is 6.55. The van der Waals surface area contributed by atoms with Crippen LogP contribution in [0.5, 0.6) is 0 Å². The summed E-state index contributed by atoms with van der Waals surface area (Å²) in [7, 11) is 2.05. The Labute approximate surface area is 149 Å². The molecule has 1 aliphatic heterocycles. The zero-order valence-electron chi connectivity index (χ0n) is 14.4. The van der Waals surface area contributed by atoms with Crippen LogP contribution >= 0.6 is 0 Å². The maximum Gasteiger partial charge on any atom is 0.371 e. The van der Waals surface area contributed by atoms with Crippen molar-refractivity contribution in [3.8, 4) is 11.3 Å². The van der Waals surface area contributed by atoms with E-state index >= 15 is 0 Å². The van der Waals surface area contributed by atoms with Crippen molar-refractivity contribution in [2.75, 3.05) is 33.2 Å². The van der Waals surface area contributed by atoms with Crippen LogP contribution in [0, 0.1) is 0 Å². The minimum Gasteiger partial charge on any atom is -0.475 e. The van der Waals surface area contributed by atoms with Crippen molar-refractivity contribution in [3.63, 3.8) is 0 Å². The van der Waals surface area contributed by atoms with Gasteiger partial charge < -0.3 is 24.3 Å². The fourth-order valence-electron chi connectivity index (χ4n) is 3.18. The van der Waals surface area contributed by atoms with Gasteiger partial charge in [-0.1, -0.05) is 12.1 Å². The number of aromatic amines is 1. The predicted molar refractivity (Wildman–Crippen MR) is 96.4 cm³/mol. The molecule has 26 heavy (non-hydrogen) atoms. The minimum atomic E-state index is -1.10. The number of likely N-dealkylation sites (N-methyl/N-ethyl adjacent to an activating group) is 1. The van der Waals surface area contributed by atoms with Gasteiger partial charge in [0, 0.05) is 42.6 Å². The largest absolute Gasteiger partial charge is 0.475 e. The molecule has 0 atom stereocenters. The Morgan fingerprint density at radius 3 is 2.54 bits per heavy atom. The Bertz CT molecular complexity index is 980. The highest BCUT2D eigenvalue weighted by molar-refractivity contribution is 5.98. The lowest BCUT2D eigenvalue weighted by atomic mass is 10.1. The van der Waals surface area contributed by atoms with Gasteiger partial charge in [-0.3, -0.25) is 4.79 Å². The molecule has 1 aromatic carbocycles. The Hall–Kier alpha value is -3.06. The Morgan fingerprint density at radius 1 is 1.08 bits per heavy atom. The average Bonchev–Trinajstić information content (AvgIpc) is 3.28. The van der Waals surface area contributed by atoms with E-state index in [0.717, 1.165) is 42.6 Å². The van der Waals surface area contributed by atoms with Gasteiger partial charge in [-0.15, -0.1) is 0 Å². The Kier molecular flexibility index (Phi) is 4.00. The number of nitrogens with one attached hydrogen (secondary N) is 1. The third-order valence-corrected chi connectivity index (χ3v) is 4.74. The van der Waals surface area contributed by atoms with Crippen LogP contribution in [0.3, 0.4) is 0 Å². The number of carboxylic acid groups (broad SMARTS) is 1. The molecule has 4 rings (SSSR count). The first kappa shape index (κ1) is 16.4. The number of carbonyl (C=O) groups excluding carboxylic acids is 1. The standard InChI is InChI=1S/C19H19N3O4/c1-21-6-8-22(9-7-21)18(23)15-10-12-2-3-13(11-14(12)20-15)16-4-5-17(26-16)19(24)25/h2-5,10-11,20H,6-9H2,1H3,(H,24,25). The summed E-state index contributed by atoms with van der Waals surface area (Å²) >= 11 is 0. The van der Waals surface area contributed by atoms with Crippen molar-refractivity contribution in [3.05, 3.63) is 47.9 Å². The number of rotatable bonds is 3. The SMILES string of the molecule is CN1CCN(C(=O)c2cc3ccc(-c4ccc(C(=O)O)o4)cc3[nH]2)CC1. The van der Waals surface area contributed by atoms with Crippen molar-refractivity contribution in [1.82, 2.24) is 14.8 Å². The fourth-order valence-corrected chi connectivity index (χ4v) is 3.18. The van der Waals surface area contributed by atoms with Gasteiger partial charge in [-0.25, -0.2) is 4.79 Å². The molecule has 0 radical (unpaired) electrons. The minimum absolute atomic E-state index is 0.00186. The number of carboxylic acids is 1. The maximum absolute atomic E-state index is 12.7. The molecule has 134 valence electrons. The second kappa shape index (κ2) is 6.34. The zero-order valence-corrected chi connectivity index (χ0v) is 14.4. The number of fused-ring (bicyclic) bond motifs is 1. The molecular weight excluding hydrogens is 334 g/mol. The molecule has 0 saturated carbocycles. The van der Waals surface area contributed by atoms with Gasteiger partial charge in [0.05, 0.1) is 0 Å². The lowest BCUT2D eigenvalue weighted by Crippen LogP contribution is -2.47. The summed E-state index contributed by atoms with van der Waals surface area (Å²) in [5, 5.41) is 9.90. The van der Waals surface area contributed by atoms with Gasteiger partial charge in [-0.05, 0) is 31.3 Å². The van der Waals surface area contributed by atoms with Crippen LogP contribution in [-0.2, 0) is 0 Å². The number of aromatic nitrogens is 1. The third-order valence-electron chi connectivity index (χ3n) is 4.74. The van der Waals surface area contributed by atoms with Crippen LogP contribution in [0.25, 0.3) is 22.2 Å². The normalized spacial score (nSPS) is 15.5. The van der Waals surface area contributed by atoms with Crippen LogP contribution in [-0.4, -0.2) is 65.0 Å². The van der Waals surface area contributed by atoms with E-state index in [1.807, 2.05) is 29.2 Å². The van der Waals surface area contributed by atoms with Gasteiger partial charge in [0.15, 0.2) is 0 Å². The lowest BCUT2D eigenvalue weighted by molar-refractivity contribution is 0.0653. The van der Waals surface area contributed by atoms with Crippen LogP contribution in [0.15, 0.2) is 40.8 Å². The van der Waals surface area contributed by atoms with Crippen molar-refractivity contribution in [2.24, 2.45) is 0 Å². The monoisotopic (exact) mass is 353 g/mol. The molecule has 0 spiro atoms. The number of amides is 1. The number of aromatic carboxylic acids is 1. The van der Waals surface area contributed by atoms with E-state index in [4.69, 9.17) is 9.52 Å². The van der Waals surface area contributed by atoms with E-state index in [1.54, 1.807) is 6.07 Å². The summed E-state index contributed by atoms with van der Waals surface area (Å²) in [6, 6.07) is 10.5. The Balaban J connectivity index is 1.61. The van der Waals surface area contributed by atoms with Crippen LogP contribution in [0.4, 0.5) is 0 Å². The van der Waals surface area contributed by atoms with Crippen molar-refractivity contribution in [2.45, 2.75) is 0 Å². The molecule has 1 saturated heterocycles. The van der Waals surface area contributed by atoms with Gasteiger partial charge in [0.25, 0.3) is 5.91 Å². The van der Waals surface area contributed by atoms with E-state index in [1.165, 1.54) is 6.07 Å². The smallest absolute Gasteiger partial charge is 0.371 e. The van der Waals surface area contributed by atoms with Gasteiger partial charge in [-0.2, -0.15) is 0 Å². The number of piperazine rings is 1. The van der Waals surface area contributed by atoms with Gasteiger partial charge in [0.2, 0.25) is 5.76 Å². The quantitative estimate of drug-likeness (QED) is 0.755. The molecule has 2 N–H and O–H groups in total. The zero-order chi connectivity index (χ0) is 18.3. The highest BCUT2D eigenvalue weighted by Crippen LogP contribution is 2.27. The summed E-state index contributed by atoms with van der Waals surface area (Å²) < 4.78 is 5.35. The molecule has 2 aromatic heterocycles. The molecule has 7 heteroatoms. The van der Waals surface area contributed by atoms with Gasteiger partial charge >= 0.3 is 5.97 Å². The first-order valence-corrected chi connectivity index (χ1v) is 8.45. The summed E-state index contributed by atoms with van der Waals surface area (Å²) in [6.45, 7) is 3.20. The first-order valence-electron chi connectivity index (χ1n) is 8.45. The third kappa shape index (κ3) is 2.97. The molecule has 0 bridgehead atoms. The van der Waals surface area contributed by atoms with Crippen molar-refractivity contribution in [1.29, 1.82) is 0 Å². The number of nitrogens with zero attached hydrogens (tertiary/aromatic N) is 2. The molecule has 3 heterocycles. The maximum atomic E-state index is 12.7.